The van der Waals surface area contributed by atoms with Crippen molar-refractivity contribution in [3.8, 4) is 0 Å². The van der Waals surface area contributed by atoms with Crippen molar-refractivity contribution < 1.29 is 0 Å². The number of aromatic nitrogens is 4. The average molecular weight is 378 g/mol. The summed E-state index contributed by atoms with van der Waals surface area (Å²) in [7, 11) is 1.57. The van der Waals surface area contributed by atoms with Crippen LogP contribution in [0.25, 0.3) is 11.2 Å². The highest BCUT2D eigenvalue weighted by molar-refractivity contribution is 5.80. The van der Waals surface area contributed by atoms with Gasteiger partial charge in [0.2, 0.25) is 5.95 Å². The Morgan fingerprint density at radius 2 is 2.00 bits per heavy atom. The largest absolute Gasteiger partial charge is 0.318 e. The van der Waals surface area contributed by atoms with Gasteiger partial charge >= 0.3 is 11.1 Å². The van der Waals surface area contributed by atoms with Crippen molar-refractivity contribution in [2.45, 2.75) is 38.6 Å². The van der Waals surface area contributed by atoms with Crippen LogP contribution in [-0.2, 0) is 7.05 Å². The van der Waals surface area contributed by atoms with Crippen molar-refractivity contribution in [1.82, 2.24) is 19.1 Å². The maximum atomic E-state index is 12.7. The molecular weight excluding hydrogens is 356 g/mol. The fraction of sp³-hybridized carbons (Fsp3) is 0.350. The number of hydrogen-bond donors (Lipinski definition) is 1. The lowest BCUT2D eigenvalue weighted by molar-refractivity contribution is 0.507. The minimum Gasteiger partial charge on any atom is -0.303 e. The topological polar surface area (TPSA) is 94.2 Å². The van der Waals surface area contributed by atoms with E-state index in [0.29, 0.717) is 11.2 Å². The van der Waals surface area contributed by atoms with Crippen LogP contribution < -0.4 is 16.5 Å². The molecule has 8 heteroatoms. The van der Waals surface area contributed by atoms with Gasteiger partial charge in [-0.1, -0.05) is 42.7 Å². The quantitative estimate of drug-likeness (QED) is 0.427. The van der Waals surface area contributed by atoms with E-state index in [1.54, 1.807) is 24.0 Å². The first-order chi connectivity index (χ1) is 13.5. The molecule has 4 rings (SSSR count). The predicted octanol–water partition coefficient (Wildman–Crippen LogP) is 2.36. The number of anilines is 1. The van der Waals surface area contributed by atoms with Gasteiger partial charge in [0.25, 0.3) is 0 Å². The fourth-order valence-electron chi connectivity index (χ4n) is 3.70. The second kappa shape index (κ2) is 7.38. The van der Waals surface area contributed by atoms with Crippen LogP contribution in [0.5, 0.6) is 0 Å². The zero-order chi connectivity index (χ0) is 19.7. The van der Waals surface area contributed by atoms with Gasteiger partial charge in [0.15, 0.2) is 5.65 Å². The molecular formula is C20H22N6O2. The number of nitrogens with one attached hydrogen (secondary N) is 1. The molecule has 0 amide bonds. The van der Waals surface area contributed by atoms with Crippen molar-refractivity contribution in [3.63, 3.8) is 0 Å². The van der Waals surface area contributed by atoms with Crippen molar-refractivity contribution in [2.75, 3.05) is 5.43 Å². The third kappa shape index (κ3) is 3.33. The van der Waals surface area contributed by atoms with Gasteiger partial charge in [-0.25, -0.2) is 10.4 Å². The van der Waals surface area contributed by atoms with E-state index in [0.717, 1.165) is 36.8 Å². The van der Waals surface area contributed by atoms with Crippen LogP contribution in [0.1, 0.15) is 42.9 Å². The smallest absolute Gasteiger partial charge is 0.303 e. The van der Waals surface area contributed by atoms with E-state index in [9.17, 15) is 9.59 Å². The number of fused-ring (bicyclic) bond motifs is 1. The summed E-state index contributed by atoms with van der Waals surface area (Å²) in [5.41, 5.74) is 4.83. The van der Waals surface area contributed by atoms with Crippen LogP contribution in [0.15, 0.2) is 45.2 Å². The normalized spacial score (nSPS) is 14.9. The molecule has 0 aliphatic heterocycles. The number of rotatable bonds is 4. The lowest BCUT2D eigenvalue weighted by Crippen LogP contribution is -2.42. The first-order valence-corrected chi connectivity index (χ1v) is 9.38. The Labute approximate surface area is 161 Å². The summed E-state index contributed by atoms with van der Waals surface area (Å²) in [4.78, 5) is 33.7. The molecule has 1 aromatic carbocycles. The highest BCUT2D eigenvalue weighted by atomic mass is 16.2. The van der Waals surface area contributed by atoms with Crippen LogP contribution >= 0.6 is 0 Å². The van der Waals surface area contributed by atoms with Gasteiger partial charge in [-0.2, -0.15) is 10.1 Å². The third-order valence-electron chi connectivity index (χ3n) is 5.16. The molecule has 1 saturated carbocycles. The summed E-state index contributed by atoms with van der Waals surface area (Å²) in [6, 6.07) is 7.95. The van der Waals surface area contributed by atoms with Crippen LogP contribution in [0.4, 0.5) is 5.95 Å². The highest BCUT2D eigenvalue weighted by Crippen LogP contribution is 2.29. The Balaban J connectivity index is 1.73. The standard InChI is InChI=1S/C20H22N6O2/c1-13-6-5-7-14(10-13)11-22-24-20-21-12-16-17(23-20)26(15-8-3-4-9-15)19(28)18(27)25(16)2/h5-7,10-12,15H,3-4,8-9H2,1-2H3,(H,21,23,24)/b22-11+. The highest BCUT2D eigenvalue weighted by Gasteiger charge is 2.23. The van der Waals surface area contributed by atoms with Crippen LogP contribution in [0.2, 0.25) is 0 Å². The molecule has 2 heterocycles. The monoisotopic (exact) mass is 378 g/mol. The number of benzene rings is 1. The molecule has 0 bridgehead atoms. The van der Waals surface area contributed by atoms with E-state index in [1.165, 1.54) is 4.57 Å². The van der Waals surface area contributed by atoms with Crippen LogP contribution in [0, 0.1) is 6.92 Å². The zero-order valence-electron chi connectivity index (χ0n) is 15.9. The first kappa shape index (κ1) is 18.1. The number of hydrazone groups is 1. The SMILES string of the molecule is Cc1cccc(/C=N/Nc2ncc3c(n2)n(C2CCCC2)c(=O)c(=O)n3C)c1. The minimum atomic E-state index is -0.554. The molecule has 0 radical (unpaired) electrons. The number of nitrogens with zero attached hydrogens (tertiary/aromatic N) is 5. The minimum absolute atomic E-state index is 0.00226. The Hall–Kier alpha value is -3.29. The Kier molecular flexibility index (Phi) is 4.77. The molecule has 0 saturated heterocycles. The molecule has 3 aromatic rings. The molecule has 1 N–H and O–H groups in total. The molecule has 1 aliphatic carbocycles. The first-order valence-electron chi connectivity index (χ1n) is 9.38. The number of hydrogen-bond acceptors (Lipinski definition) is 6. The van der Waals surface area contributed by atoms with Gasteiger partial charge < -0.3 is 4.57 Å². The van der Waals surface area contributed by atoms with Gasteiger partial charge in [0.1, 0.15) is 5.52 Å². The average Bonchev–Trinajstić information content (AvgIpc) is 3.21. The van der Waals surface area contributed by atoms with Gasteiger partial charge in [0, 0.05) is 13.1 Å². The molecule has 8 nitrogen and oxygen atoms in total. The Morgan fingerprint density at radius 3 is 2.75 bits per heavy atom. The maximum absolute atomic E-state index is 12.7. The second-order valence-electron chi connectivity index (χ2n) is 7.16. The Morgan fingerprint density at radius 1 is 1.21 bits per heavy atom. The third-order valence-corrected chi connectivity index (χ3v) is 5.16. The zero-order valence-corrected chi connectivity index (χ0v) is 15.9. The van der Waals surface area contributed by atoms with Crippen molar-refractivity contribution in [1.29, 1.82) is 0 Å². The fourth-order valence-corrected chi connectivity index (χ4v) is 3.70. The van der Waals surface area contributed by atoms with Gasteiger partial charge in [0.05, 0.1) is 12.4 Å². The maximum Gasteiger partial charge on any atom is 0.318 e. The molecule has 144 valence electrons. The summed E-state index contributed by atoms with van der Waals surface area (Å²) >= 11 is 0. The predicted molar refractivity (Wildman–Crippen MR) is 109 cm³/mol. The molecule has 1 fully saturated rings. The summed E-state index contributed by atoms with van der Waals surface area (Å²) in [5, 5.41) is 4.19. The van der Waals surface area contributed by atoms with Gasteiger partial charge in [-0.15, -0.1) is 0 Å². The van der Waals surface area contributed by atoms with E-state index in [-0.39, 0.29) is 12.0 Å². The molecule has 2 aromatic heterocycles. The van der Waals surface area contributed by atoms with E-state index in [2.05, 4.69) is 20.5 Å². The summed E-state index contributed by atoms with van der Waals surface area (Å²) in [6.07, 6.45) is 7.08. The van der Waals surface area contributed by atoms with Gasteiger partial charge in [-0.3, -0.25) is 14.2 Å². The van der Waals surface area contributed by atoms with Crippen molar-refractivity contribution in [2.24, 2.45) is 12.1 Å². The summed E-state index contributed by atoms with van der Waals surface area (Å²) in [6.45, 7) is 2.02. The molecule has 1 aliphatic rings. The summed E-state index contributed by atoms with van der Waals surface area (Å²) < 4.78 is 2.85. The molecule has 0 atom stereocenters. The molecule has 0 spiro atoms. The van der Waals surface area contributed by atoms with Gasteiger partial charge in [-0.05, 0) is 25.3 Å². The number of aryl methyl sites for hydroxylation is 2. The van der Waals surface area contributed by atoms with Crippen LogP contribution in [-0.4, -0.2) is 25.3 Å². The van der Waals surface area contributed by atoms with E-state index >= 15 is 0 Å². The lowest BCUT2D eigenvalue weighted by atomic mass is 10.2. The van der Waals surface area contributed by atoms with E-state index in [4.69, 9.17) is 0 Å². The molecule has 28 heavy (non-hydrogen) atoms. The Bertz CT molecular complexity index is 1170. The van der Waals surface area contributed by atoms with E-state index in [1.807, 2.05) is 31.2 Å². The van der Waals surface area contributed by atoms with E-state index < -0.39 is 11.1 Å². The van der Waals surface area contributed by atoms with Crippen molar-refractivity contribution in [3.05, 3.63) is 62.3 Å². The summed E-state index contributed by atoms with van der Waals surface area (Å²) in [5.74, 6) is 0.279. The second-order valence-corrected chi connectivity index (χ2v) is 7.16. The van der Waals surface area contributed by atoms with Crippen molar-refractivity contribution >= 4 is 23.3 Å². The lowest BCUT2D eigenvalue weighted by Gasteiger charge is -2.17. The molecule has 0 unspecified atom stereocenters. The van der Waals surface area contributed by atoms with Crippen LogP contribution in [0.3, 0.4) is 0 Å².